The molecule has 10 heteroatoms. The average Bonchev–Trinajstić information content (AvgIpc) is 3.14. The number of nitrogens with one attached hydrogen (secondary N) is 2. The minimum absolute atomic E-state index is 0.0417. The van der Waals surface area contributed by atoms with Gasteiger partial charge in [-0.05, 0) is 12.1 Å². The number of hydrogen-bond acceptors (Lipinski definition) is 7. The first-order valence-corrected chi connectivity index (χ1v) is 9.40. The molecule has 0 aliphatic carbocycles. The molecule has 0 bridgehead atoms. The van der Waals surface area contributed by atoms with Crippen LogP contribution in [0.2, 0.25) is 0 Å². The lowest BCUT2D eigenvalue weighted by Crippen LogP contribution is -2.24. The third kappa shape index (κ3) is 5.26. The Balaban J connectivity index is 1.56. The molecule has 0 spiro atoms. The molecule has 150 valence electrons. The van der Waals surface area contributed by atoms with Crippen LogP contribution in [-0.4, -0.2) is 43.1 Å². The maximum absolute atomic E-state index is 12.3. The van der Waals surface area contributed by atoms with E-state index in [1.165, 1.54) is 43.9 Å². The molecule has 29 heavy (non-hydrogen) atoms. The lowest BCUT2D eigenvalue weighted by atomic mass is 10.1. The summed E-state index contributed by atoms with van der Waals surface area (Å²) in [6, 6.07) is 5.06. The molecule has 1 aromatic carbocycles. The van der Waals surface area contributed by atoms with Crippen LogP contribution in [0.4, 0.5) is 10.8 Å². The third-order valence-corrected chi connectivity index (χ3v) is 4.71. The van der Waals surface area contributed by atoms with Crippen LogP contribution >= 0.6 is 11.3 Å². The highest BCUT2D eigenvalue weighted by Gasteiger charge is 2.18. The van der Waals surface area contributed by atoms with E-state index in [9.17, 15) is 14.4 Å². The van der Waals surface area contributed by atoms with Crippen molar-refractivity contribution < 1.29 is 23.9 Å². The first-order chi connectivity index (χ1) is 14.0. The zero-order valence-electron chi connectivity index (χ0n) is 15.7. The second-order valence-electron chi connectivity index (χ2n) is 5.93. The number of anilines is 2. The van der Waals surface area contributed by atoms with Crippen LogP contribution in [0.3, 0.4) is 0 Å². The Morgan fingerprint density at radius 2 is 1.97 bits per heavy atom. The average molecular weight is 414 g/mol. The van der Waals surface area contributed by atoms with Crippen LogP contribution in [0.1, 0.15) is 5.69 Å². The van der Waals surface area contributed by atoms with Gasteiger partial charge in [0, 0.05) is 29.4 Å². The molecule has 2 aromatic rings. The molecule has 1 unspecified atom stereocenters. The summed E-state index contributed by atoms with van der Waals surface area (Å²) in [5.41, 5.74) is 1.08. The molecule has 0 saturated heterocycles. The van der Waals surface area contributed by atoms with E-state index < -0.39 is 11.8 Å². The smallest absolute Gasteiger partial charge is 0.269 e. The van der Waals surface area contributed by atoms with Crippen LogP contribution in [-0.2, 0) is 20.8 Å². The highest BCUT2D eigenvalue weighted by Crippen LogP contribution is 2.29. The van der Waals surface area contributed by atoms with Crippen molar-refractivity contribution in [2.75, 3.05) is 24.9 Å². The van der Waals surface area contributed by atoms with Gasteiger partial charge in [0.15, 0.2) is 16.6 Å². The third-order valence-electron chi connectivity index (χ3n) is 3.90. The standard InChI is InChI=1S/C19H18N4O5S/c1-27-14-5-4-12(7-15(14)28-2)21-17(25)8-13-10-29-19(22-13)23-18(26)11-3-6-16(24)20-9-11/h3-7,9-11H,8H2,1-2H3,(H,21,25)(H,22,23,26). The second kappa shape index (κ2) is 9.11. The number of carbonyl (C=O) groups is 3. The number of aliphatic imine (C=N–C) groups is 1. The van der Waals surface area contributed by atoms with Gasteiger partial charge in [-0.1, -0.05) is 6.08 Å². The first kappa shape index (κ1) is 20.2. The van der Waals surface area contributed by atoms with E-state index in [1.54, 1.807) is 23.6 Å². The Morgan fingerprint density at radius 1 is 1.17 bits per heavy atom. The molecule has 0 saturated carbocycles. The van der Waals surface area contributed by atoms with Gasteiger partial charge in [0.1, 0.15) is 0 Å². The van der Waals surface area contributed by atoms with E-state index >= 15 is 0 Å². The van der Waals surface area contributed by atoms with Crippen molar-refractivity contribution in [3.63, 3.8) is 0 Å². The summed E-state index contributed by atoms with van der Waals surface area (Å²) < 4.78 is 10.4. The van der Waals surface area contributed by atoms with Crippen molar-refractivity contribution in [1.29, 1.82) is 0 Å². The topological polar surface area (TPSA) is 119 Å². The van der Waals surface area contributed by atoms with E-state index in [-0.39, 0.29) is 18.2 Å². The van der Waals surface area contributed by atoms with Gasteiger partial charge in [0.05, 0.1) is 32.3 Å². The van der Waals surface area contributed by atoms with Gasteiger partial charge >= 0.3 is 0 Å². The number of dihydropyridines is 1. The van der Waals surface area contributed by atoms with Gasteiger partial charge in [-0.25, -0.2) is 9.98 Å². The number of benzene rings is 1. The highest BCUT2D eigenvalue weighted by atomic mass is 32.1. The lowest BCUT2D eigenvalue weighted by molar-refractivity contribution is -0.117. The van der Waals surface area contributed by atoms with E-state index in [4.69, 9.17) is 9.47 Å². The van der Waals surface area contributed by atoms with Crippen LogP contribution in [0, 0.1) is 5.92 Å². The van der Waals surface area contributed by atoms with Crippen LogP contribution in [0.25, 0.3) is 0 Å². The van der Waals surface area contributed by atoms with Gasteiger partial charge in [0.25, 0.3) is 5.91 Å². The molecule has 1 atom stereocenters. The molecule has 3 rings (SSSR count). The van der Waals surface area contributed by atoms with Gasteiger partial charge in [-0.15, -0.1) is 11.3 Å². The zero-order chi connectivity index (χ0) is 20.8. The summed E-state index contributed by atoms with van der Waals surface area (Å²) >= 11 is 1.21. The Bertz CT molecular complexity index is 982. The number of thiazole rings is 1. The Morgan fingerprint density at radius 3 is 2.66 bits per heavy atom. The van der Waals surface area contributed by atoms with Crippen LogP contribution in [0.15, 0.2) is 40.7 Å². The number of nitrogens with zero attached hydrogens (tertiary/aromatic N) is 2. The Hall–Kier alpha value is -3.53. The maximum atomic E-state index is 12.3. The summed E-state index contributed by atoms with van der Waals surface area (Å²) in [6.45, 7) is 0. The number of hydrogen-bond donors (Lipinski definition) is 2. The predicted octanol–water partition coefficient (Wildman–Crippen LogP) is 2.06. The van der Waals surface area contributed by atoms with Crippen molar-refractivity contribution in [3.05, 3.63) is 41.4 Å². The Kier molecular flexibility index (Phi) is 6.35. The minimum Gasteiger partial charge on any atom is -0.493 e. The van der Waals surface area contributed by atoms with E-state index in [0.29, 0.717) is 28.0 Å². The fourth-order valence-corrected chi connectivity index (χ4v) is 3.22. The van der Waals surface area contributed by atoms with Crippen LogP contribution in [0.5, 0.6) is 11.5 Å². The number of aromatic nitrogens is 1. The van der Waals surface area contributed by atoms with Crippen LogP contribution < -0.4 is 20.1 Å². The number of methoxy groups -OCH3 is 2. The zero-order valence-corrected chi connectivity index (χ0v) is 16.5. The molecular weight excluding hydrogens is 396 g/mol. The van der Waals surface area contributed by atoms with Crippen molar-refractivity contribution in [3.8, 4) is 11.5 Å². The molecule has 1 aromatic heterocycles. The SMILES string of the molecule is COc1ccc(NC(=O)Cc2csc(NC(=O)C3C=CC(=O)N=C3)n2)cc1OC. The van der Waals surface area contributed by atoms with E-state index in [0.717, 1.165) is 0 Å². The van der Waals surface area contributed by atoms with E-state index in [2.05, 4.69) is 20.6 Å². The quantitative estimate of drug-likeness (QED) is 0.716. The monoisotopic (exact) mass is 414 g/mol. The number of ether oxygens (including phenoxy) is 2. The summed E-state index contributed by atoms with van der Waals surface area (Å²) in [4.78, 5) is 43.3. The summed E-state index contributed by atoms with van der Waals surface area (Å²) in [5.74, 6) is -0.576. The molecule has 9 nitrogen and oxygen atoms in total. The molecule has 0 fully saturated rings. The minimum atomic E-state index is -0.631. The highest BCUT2D eigenvalue weighted by molar-refractivity contribution is 7.14. The van der Waals surface area contributed by atoms with Gasteiger partial charge < -0.3 is 20.1 Å². The van der Waals surface area contributed by atoms with Gasteiger partial charge in [-0.3, -0.25) is 14.4 Å². The van der Waals surface area contributed by atoms with Crippen molar-refractivity contribution in [1.82, 2.24) is 4.98 Å². The Labute approximate surface area is 170 Å². The molecule has 3 amide bonds. The van der Waals surface area contributed by atoms with Gasteiger partial charge in [-0.2, -0.15) is 0 Å². The molecule has 1 aliphatic rings. The normalized spacial score (nSPS) is 15.1. The fourth-order valence-electron chi connectivity index (χ4n) is 2.51. The molecule has 2 heterocycles. The fraction of sp³-hybridized carbons (Fsp3) is 0.211. The van der Waals surface area contributed by atoms with Crippen molar-refractivity contribution in [2.24, 2.45) is 10.9 Å². The molecule has 2 N–H and O–H groups in total. The molecular formula is C19H18N4O5S. The second-order valence-corrected chi connectivity index (χ2v) is 6.79. The van der Waals surface area contributed by atoms with Gasteiger partial charge in [0.2, 0.25) is 11.8 Å². The first-order valence-electron chi connectivity index (χ1n) is 8.52. The molecule has 1 aliphatic heterocycles. The number of rotatable bonds is 7. The summed E-state index contributed by atoms with van der Waals surface area (Å²) in [5, 5.41) is 7.47. The number of carbonyl (C=O) groups excluding carboxylic acids is 3. The lowest BCUT2D eigenvalue weighted by Gasteiger charge is -2.10. The maximum Gasteiger partial charge on any atom is 0.269 e. The number of amides is 3. The van der Waals surface area contributed by atoms with E-state index in [1.807, 2.05) is 0 Å². The van der Waals surface area contributed by atoms with Crippen molar-refractivity contribution >= 4 is 46.1 Å². The summed E-state index contributed by atoms with van der Waals surface area (Å²) in [6.07, 6.45) is 4.04. The largest absolute Gasteiger partial charge is 0.493 e. The van der Waals surface area contributed by atoms with Crippen molar-refractivity contribution in [2.45, 2.75) is 6.42 Å². The molecule has 0 radical (unpaired) electrons. The predicted molar refractivity (Wildman–Crippen MR) is 109 cm³/mol. The summed E-state index contributed by atoms with van der Waals surface area (Å²) in [7, 11) is 3.05.